The molecule has 82 valence electrons. The maximum atomic E-state index is 13.2. The third-order valence-electron chi connectivity index (χ3n) is 1.98. The molecule has 1 N–H and O–H groups in total. The summed E-state index contributed by atoms with van der Waals surface area (Å²) in [6.07, 6.45) is 0. The van der Waals surface area contributed by atoms with Crippen molar-refractivity contribution < 1.29 is 9.18 Å². The van der Waals surface area contributed by atoms with Crippen molar-refractivity contribution in [2.24, 2.45) is 0 Å². The Bertz CT molecular complexity index is 355. The Labute approximate surface area is 89.5 Å². The third-order valence-corrected chi connectivity index (χ3v) is 1.98. The van der Waals surface area contributed by atoms with E-state index >= 15 is 0 Å². The number of benzene rings is 1. The summed E-state index contributed by atoms with van der Waals surface area (Å²) in [6.45, 7) is 4.76. The number of anilines is 1. The van der Waals surface area contributed by atoms with Gasteiger partial charge >= 0.3 is 0 Å². The van der Waals surface area contributed by atoms with Gasteiger partial charge in [-0.1, -0.05) is 12.1 Å². The molecule has 15 heavy (non-hydrogen) atoms. The number of nitrogens with one attached hydrogen (secondary N) is 1. The highest BCUT2D eigenvalue weighted by Crippen LogP contribution is 2.14. The van der Waals surface area contributed by atoms with E-state index in [2.05, 4.69) is 5.32 Å². The van der Waals surface area contributed by atoms with Crippen LogP contribution in [0.4, 0.5) is 10.1 Å². The number of halogens is 1. The number of rotatable bonds is 4. The summed E-state index contributed by atoms with van der Waals surface area (Å²) >= 11 is 0. The van der Waals surface area contributed by atoms with E-state index in [4.69, 9.17) is 0 Å². The molecule has 0 aliphatic carbocycles. The highest BCUT2D eigenvalue weighted by molar-refractivity contribution is 5.94. The predicted molar refractivity (Wildman–Crippen MR) is 60.1 cm³/mol. The maximum absolute atomic E-state index is 13.2. The van der Waals surface area contributed by atoms with Crippen LogP contribution in [0.15, 0.2) is 24.3 Å². The SMILES string of the molecule is CC(=O)c1cccc(NCC(C)(C)F)c1. The Kier molecular flexibility index (Phi) is 3.45. The lowest BCUT2D eigenvalue weighted by Crippen LogP contribution is -2.24. The quantitative estimate of drug-likeness (QED) is 0.772. The fourth-order valence-electron chi connectivity index (χ4n) is 1.16. The number of ketones is 1. The van der Waals surface area contributed by atoms with Gasteiger partial charge in [0.2, 0.25) is 0 Å². The number of Topliss-reactive ketones (excluding diaryl/α,β-unsaturated/α-hetero) is 1. The van der Waals surface area contributed by atoms with Crippen LogP contribution in [0, 0.1) is 0 Å². The monoisotopic (exact) mass is 209 g/mol. The van der Waals surface area contributed by atoms with Gasteiger partial charge in [-0.3, -0.25) is 4.79 Å². The molecule has 0 bridgehead atoms. The zero-order valence-corrected chi connectivity index (χ0v) is 9.30. The highest BCUT2D eigenvalue weighted by atomic mass is 19.1. The first-order valence-corrected chi connectivity index (χ1v) is 4.92. The van der Waals surface area contributed by atoms with Gasteiger partial charge in [0.05, 0.1) is 0 Å². The van der Waals surface area contributed by atoms with Crippen LogP contribution in [-0.2, 0) is 0 Å². The first kappa shape index (κ1) is 11.7. The van der Waals surface area contributed by atoms with Gasteiger partial charge in [0.15, 0.2) is 5.78 Å². The van der Waals surface area contributed by atoms with Crippen molar-refractivity contribution in [1.82, 2.24) is 0 Å². The molecule has 0 atom stereocenters. The number of alkyl halides is 1. The molecule has 0 saturated heterocycles. The Morgan fingerprint density at radius 1 is 1.47 bits per heavy atom. The highest BCUT2D eigenvalue weighted by Gasteiger charge is 2.14. The molecule has 0 fully saturated rings. The van der Waals surface area contributed by atoms with Gasteiger partial charge in [0, 0.05) is 17.8 Å². The van der Waals surface area contributed by atoms with Crippen LogP contribution >= 0.6 is 0 Å². The second-order valence-corrected chi connectivity index (χ2v) is 4.21. The zero-order chi connectivity index (χ0) is 11.5. The molecule has 0 aliphatic heterocycles. The molecular weight excluding hydrogens is 193 g/mol. The molecule has 1 aromatic rings. The van der Waals surface area contributed by atoms with Crippen LogP contribution in [0.25, 0.3) is 0 Å². The van der Waals surface area contributed by atoms with Crippen LogP contribution in [-0.4, -0.2) is 18.0 Å². The first-order chi connectivity index (χ1) is 6.88. The minimum absolute atomic E-state index is 0.0122. The van der Waals surface area contributed by atoms with Gasteiger partial charge in [-0.25, -0.2) is 4.39 Å². The molecule has 0 radical (unpaired) electrons. The summed E-state index contributed by atoms with van der Waals surface area (Å²) in [5, 5.41) is 2.95. The van der Waals surface area contributed by atoms with Crippen molar-refractivity contribution in [1.29, 1.82) is 0 Å². The smallest absolute Gasteiger partial charge is 0.159 e. The lowest BCUT2D eigenvalue weighted by atomic mass is 10.1. The van der Waals surface area contributed by atoms with Crippen molar-refractivity contribution in [2.75, 3.05) is 11.9 Å². The average Bonchev–Trinajstić information content (AvgIpc) is 2.14. The first-order valence-electron chi connectivity index (χ1n) is 4.92. The number of hydrogen-bond acceptors (Lipinski definition) is 2. The van der Waals surface area contributed by atoms with E-state index in [0.29, 0.717) is 5.56 Å². The Morgan fingerprint density at radius 2 is 2.13 bits per heavy atom. The second-order valence-electron chi connectivity index (χ2n) is 4.21. The van der Waals surface area contributed by atoms with Gasteiger partial charge in [0.25, 0.3) is 0 Å². The predicted octanol–water partition coefficient (Wildman–Crippen LogP) is 3.05. The van der Waals surface area contributed by atoms with Crippen molar-refractivity contribution in [3.63, 3.8) is 0 Å². The van der Waals surface area contributed by atoms with Crippen molar-refractivity contribution >= 4 is 11.5 Å². The Balaban J connectivity index is 2.70. The standard InChI is InChI=1S/C12H16FNO/c1-9(15)10-5-4-6-11(7-10)14-8-12(2,3)13/h4-7,14H,8H2,1-3H3. The van der Waals surface area contributed by atoms with E-state index in [9.17, 15) is 9.18 Å². The molecule has 3 heteroatoms. The number of hydrogen-bond donors (Lipinski definition) is 1. The van der Waals surface area contributed by atoms with E-state index in [-0.39, 0.29) is 12.3 Å². The summed E-state index contributed by atoms with van der Waals surface area (Å²) < 4.78 is 13.2. The molecule has 0 unspecified atom stereocenters. The molecule has 1 rings (SSSR count). The van der Waals surface area contributed by atoms with E-state index in [1.165, 1.54) is 20.8 Å². The van der Waals surface area contributed by atoms with Gasteiger partial charge in [0.1, 0.15) is 5.67 Å². The topological polar surface area (TPSA) is 29.1 Å². The summed E-state index contributed by atoms with van der Waals surface area (Å²) in [5.74, 6) is 0.0122. The fraction of sp³-hybridized carbons (Fsp3) is 0.417. The van der Waals surface area contributed by atoms with E-state index < -0.39 is 5.67 Å². The van der Waals surface area contributed by atoms with Crippen molar-refractivity contribution in [2.45, 2.75) is 26.4 Å². The molecule has 0 heterocycles. The minimum atomic E-state index is -1.26. The van der Waals surface area contributed by atoms with Gasteiger partial charge in [-0.2, -0.15) is 0 Å². The molecule has 0 aromatic heterocycles. The average molecular weight is 209 g/mol. The number of carbonyl (C=O) groups excluding carboxylic acids is 1. The lowest BCUT2D eigenvalue weighted by molar-refractivity contribution is 0.101. The van der Waals surface area contributed by atoms with Crippen LogP contribution in [0.5, 0.6) is 0 Å². The molecule has 2 nitrogen and oxygen atoms in total. The maximum Gasteiger partial charge on any atom is 0.159 e. The van der Waals surface area contributed by atoms with Crippen molar-refractivity contribution in [3.05, 3.63) is 29.8 Å². The summed E-state index contributed by atoms with van der Waals surface area (Å²) in [5.41, 5.74) is 0.150. The minimum Gasteiger partial charge on any atom is -0.382 e. The fourth-order valence-corrected chi connectivity index (χ4v) is 1.16. The summed E-state index contributed by atoms with van der Waals surface area (Å²) in [4.78, 5) is 11.1. The normalized spacial score (nSPS) is 11.2. The molecular formula is C12H16FNO. The molecule has 1 aromatic carbocycles. The largest absolute Gasteiger partial charge is 0.382 e. The molecule has 0 saturated carbocycles. The zero-order valence-electron chi connectivity index (χ0n) is 9.30. The van der Waals surface area contributed by atoms with E-state index in [1.54, 1.807) is 18.2 Å². The van der Waals surface area contributed by atoms with Crippen LogP contribution in [0.2, 0.25) is 0 Å². The van der Waals surface area contributed by atoms with Crippen LogP contribution in [0.1, 0.15) is 31.1 Å². The van der Waals surface area contributed by atoms with Crippen LogP contribution < -0.4 is 5.32 Å². The molecule has 0 spiro atoms. The summed E-state index contributed by atoms with van der Waals surface area (Å²) in [7, 11) is 0. The molecule has 0 amide bonds. The lowest BCUT2D eigenvalue weighted by Gasteiger charge is -2.16. The van der Waals surface area contributed by atoms with E-state index in [1.807, 2.05) is 6.07 Å². The van der Waals surface area contributed by atoms with Crippen molar-refractivity contribution in [3.8, 4) is 0 Å². The van der Waals surface area contributed by atoms with Crippen LogP contribution in [0.3, 0.4) is 0 Å². The summed E-state index contributed by atoms with van der Waals surface area (Å²) in [6, 6.07) is 7.07. The second kappa shape index (κ2) is 4.43. The Hall–Kier alpha value is -1.38. The van der Waals surface area contributed by atoms with Gasteiger partial charge < -0.3 is 5.32 Å². The number of carbonyl (C=O) groups is 1. The molecule has 0 aliphatic rings. The third kappa shape index (κ3) is 4.11. The van der Waals surface area contributed by atoms with E-state index in [0.717, 1.165) is 5.69 Å². The van der Waals surface area contributed by atoms with Gasteiger partial charge in [-0.05, 0) is 32.9 Å². The Morgan fingerprint density at radius 3 is 2.67 bits per heavy atom. The van der Waals surface area contributed by atoms with Gasteiger partial charge in [-0.15, -0.1) is 0 Å².